The molecule has 1 heterocycles. The molecule has 2 aliphatic rings. The van der Waals surface area contributed by atoms with Gasteiger partial charge in [0.2, 0.25) is 0 Å². The predicted molar refractivity (Wildman–Crippen MR) is 115 cm³/mol. The van der Waals surface area contributed by atoms with Crippen molar-refractivity contribution in [3.63, 3.8) is 0 Å². The first-order valence-electron chi connectivity index (χ1n) is 11.0. The molecule has 0 spiro atoms. The van der Waals surface area contributed by atoms with Crippen LogP contribution < -0.4 is 16.0 Å². The van der Waals surface area contributed by atoms with Gasteiger partial charge in [-0.3, -0.25) is 9.89 Å². The fourth-order valence-corrected chi connectivity index (χ4v) is 4.17. The maximum Gasteiger partial charge on any atom is 0.407 e. The number of amides is 1. The van der Waals surface area contributed by atoms with Crippen LogP contribution in [0.3, 0.4) is 0 Å². The predicted octanol–water partition coefficient (Wildman–Crippen LogP) is 2.86. The van der Waals surface area contributed by atoms with Gasteiger partial charge in [-0.25, -0.2) is 4.79 Å². The molecule has 1 aliphatic heterocycles. The lowest BCUT2D eigenvalue weighted by molar-refractivity contribution is 0.0490. The topological polar surface area (TPSA) is 78.0 Å². The number of hydrogen-bond donors (Lipinski definition) is 3. The molecular formula is C21H41N5O2. The zero-order chi connectivity index (χ0) is 20.6. The van der Waals surface area contributed by atoms with Gasteiger partial charge in [-0.1, -0.05) is 13.3 Å². The Morgan fingerprint density at radius 2 is 1.71 bits per heavy atom. The number of aliphatic imine (C=N–C) groups is 1. The quantitative estimate of drug-likeness (QED) is 0.493. The average Bonchev–Trinajstić information content (AvgIpc) is 2.65. The fraction of sp³-hybridized carbons (Fsp3) is 0.905. The van der Waals surface area contributed by atoms with E-state index >= 15 is 0 Å². The molecule has 0 bridgehead atoms. The number of guanidine groups is 1. The van der Waals surface area contributed by atoms with Gasteiger partial charge in [-0.05, 0) is 72.4 Å². The van der Waals surface area contributed by atoms with E-state index in [1.54, 1.807) is 0 Å². The normalized spacial score (nSPS) is 27.2. The minimum atomic E-state index is -0.452. The first-order valence-corrected chi connectivity index (χ1v) is 11.0. The van der Waals surface area contributed by atoms with Gasteiger partial charge in [0, 0.05) is 31.7 Å². The molecule has 1 aliphatic carbocycles. The van der Waals surface area contributed by atoms with E-state index in [4.69, 9.17) is 4.74 Å². The Morgan fingerprint density at radius 1 is 1.07 bits per heavy atom. The Balaban J connectivity index is 1.70. The number of hydrogen-bond acceptors (Lipinski definition) is 4. The lowest BCUT2D eigenvalue weighted by atomic mass is 9.91. The summed E-state index contributed by atoms with van der Waals surface area (Å²) >= 11 is 0. The smallest absolute Gasteiger partial charge is 0.407 e. The van der Waals surface area contributed by atoms with Crippen molar-refractivity contribution in [1.82, 2.24) is 20.9 Å². The van der Waals surface area contributed by atoms with Gasteiger partial charge in [0.15, 0.2) is 5.96 Å². The van der Waals surface area contributed by atoms with E-state index in [1.165, 1.54) is 25.8 Å². The van der Waals surface area contributed by atoms with Crippen molar-refractivity contribution in [2.75, 3.05) is 26.7 Å². The van der Waals surface area contributed by atoms with Gasteiger partial charge in [0.05, 0.1) is 0 Å². The molecule has 7 heteroatoms. The first kappa shape index (κ1) is 22.8. The molecule has 28 heavy (non-hydrogen) atoms. The second-order valence-electron chi connectivity index (χ2n) is 9.07. The largest absolute Gasteiger partial charge is 0.444 e. The van der Waals surface area contributed by atoms with Crippen molar-refractivity contribution in [2.45, 2.75) is 96.4 Å². The third-order valence-corrected chi connectivity index (χ3v) is 5.67. The monoisotopic (exact) mass is 395 g/mol. The molecule has 162 valence electrons. The van der Waals surface area contributed by atoms with E-state index in [0.717, 1.165) is 44.7 Å². The Hall–Kier alpha value is -1.50. The zero-order valence-corrected chi connectivity index (χ0v) is 18.5. The Labute approximate surface area is 171 Å². The highest BCUT2D eigenvalue weighted by molar-refractivity contribution is 5.80. The van der Waals surface area contributed by atoms with Gasteiger partial charge in [-0.15, -0.1) is 0 Å². The molecule has 0 aromatic rings. The number of rotatable bonds is 5. The summed E-state index contributed by atoms with van der Waals surface area (Å²) in [5, 5.41) is 10.1. The summed E-state index contributed by atoms with van der Waals surface area (Å²) in [5.74, 6) is 0.894. The second kappa shape index (κ2) is 10.9. The minimum absolute atomic E-state index is 0.197. The lowest BCUT2D eigenvalue weighted by Crippen LogP contribution is -2.52. The lowest BCUT2D eigenvalue weighted by Gasteiger charge is -2.36. The molecule has 3 N–H and O–H groups in total. The number of ether oxygens (including phenoxy) is 1. The molecule has 1 amide bonds. The third kappa shape index (κ3) is 7.86. The number of piperidine rings is 1. The summed E-state index contributed by atoms with van der Waals surface area (Å²) < 4.78 is 5.36. The van der Waals surface area contributed by atoms with Crippen LogP contribution in [-0.4, -0.2) is 67.4 Å². The highest BCUT2D eigenvalue weighted by atomic mass is 16.6. The van der Waals surface area contributed by atoms with Gasteiger partial charge < -0.3 is 20.7 Å². The number of carbonyl (C=O) groups is 1. The van der Waals surface area contributed by atoms with Crippen LogP contribution >= 0.6 is 0 Å². The average molecular weight is 396 g/mol. The van der Waals surface area contributed by atoms with Gasteiger partial charge >= 0.3 is 6.09 Å². The molecule has 2 fully saturated rings. The summed E-state index contributed by atoms with van der Waals surface area (Å²) in [6.45, 7) is 11.2. The number of nitrogens with zero attached hydrogens (tertiary/aromatic N) is 2. The maximum atomic E-state index is 11.9. The molecule has 1 saturated carbocycles. The summed E-state index contributed by atoms with van der Waals surface area (Å²) in [5.41, 5.74) is -0.452. The molecule has 7 nitrogen and oxygen atoms in total. The van der Waals surface area contributed by atoms with Crippen LogP contribution in [0.4, 0.5) is 4.79 Å². The van der Waals surface area contributed by atoms with Crippen molar-refractivity contribution in [3.05, 3.63) is 0 Å². The Bertz CT molecular complexity index is 509. The van der Waals surface area contributed by atoms with Gasteiger partial charge in [0.1, 0.15) is 5.60 Å². The number of nitrogens with one attached hydrogen (secondary N) is 3. The second-order valence-corrected chi connectivity index (χ2v) is 9.07. The van der Waals surface area contributed by atoms with Crippen molar-refractivity contribution in [2.24, 2.45) is 4.99 Å². The summed E-state index contributed by atoms with van der Waals surface area (Å²) in [6, 6.07) is 1.20. The molecule has 1 unspecified atom stereocenters. The Kier molecular flexibility index (Phi) is 8.86. The van der Waals surface area contributed by atoms with Crippen molar-refractivity contribution >= 4 is 12.1 Å². The molecule has 2 rings (SSSR count). The van der Waals surface area contributed by atoms with Crippen LogP contribution in [0, 0.1) is 0 Å². The molecule has 1 saturated heterocycles. The van der Waals surface area contributed by atoms with Crippen LogP contribution in [0.5, 0.6) is 0 Å². The molecule has 1 atom stereocenters. The molecule has 0 aromatic carbocycles. The SMILES string of the molecule is CCN1CCCCC1CNC(=NC)NC1CCC(NC(=O)OC(C)(C)C)CC1. The van der Waals surface area contributed by atoms with E-state index in [-0.39, 0.29) is 12.1 Å². The molecular weight excluding hydrogens is 354 g/mol. The highest BCUT2D eigenvalue weighted by Gasteiger charge is 2.26. The zero-order valence-electron chi connectivity index (χ0n) is 18.5. The van der Waals surface area contributed by atoms with E-state index in [2.05, 4.69) is 32.8 Å². The summed E-state index contributed by atoms with van der Waals surface area (Å²) in [6.07, 6.45) is 7.55. The van der Waals surface area contributed by atoms with Crippen LogP contribution in [0.15, 0.2) is 4.99 Å². The fourth-order valence-electron chi connectivity index (χ4n) is 4.17. The number of likely N-dealkylation sites (tertiary alicyclic amines) is 1. The van der Waals surface area contributed by atoms with E-state index in [1.807, 2.05) is 27.8 Å². The van der Waals surface area contributed by atoms with Crippen molar-refractivity contribution in [3.8, 4) is 0 Å². The third-order valence-electron chi connectivity index (χ3n) is 5.67. The standard InChI is InChI=1S/C21H41N5O2/c1-6-26-14-8-7-9-18(26)15-23-19(22-5)24-16-10-12-17(13-11-16)25-20(27)28-21(2,3)4/h16-18H,6-15H2,1-5H3,(H,25,27)(H2,22,23,24). The number of carbonyl (C=O) groups excluding carboxylic acids is 1. The van der Waals surface area contributed by atoms with Gasteiger partial charge in [0.25, 0.3) is 0 Å². The van der Waals surface area contributed by atoms with Gasteiger partial charge in [-0.2, -0.15) is 0 Å². The van der Waals surface area contributed by atoms with Crippen LogP contribution in [-0.2, 0) is 4.74 Å². The number of alkyl carbamates (subject to hydrolysis) is 1. The van der Waals surface area contributed by atoms with Crippen molar-refractivity contribution < 1.29 is 9.53 Å². The maximum absolute atomic E-state index is 11.9. The van der Waals surface area contributed by atoms with Crippen LogP contribution in [0.25, 0.3) is 0 Å². The van der Waals surface area contributed by atoms with Crippen molar-refractivity contribution in [1.29, 1.82) is 0 Å². The molecule has 0 radical (unpaired) electrons. The van der Waals surface area contributed by atoms with E-state index in [9.17, 15) is 4.79 Å². The summed E-state index contributed by atoms with van der Waals surface area (Å²) in [7, 11) is 1.84. The minimum Gasteiger partial charge on any atom is -0.444 e. The Morgan fingerprint density at radius 3 is 2.29 bits per heavy atom. The summed E-state index contributed by atoms with van der Waals surface area (Å²) in [4.78, 5) is 18.9. The van der Waals surface area contributed by atoms with Crippen LogP contribution in [0.1, 0.15) is 72.6 Å². The van der Waals surface area contributed by atoms with E-state index < -0.39 is 5.60 Å². The molecule has 0 aromatic heterocycles. The van der Waals surface area contributed by atoms with E-state index in [0.29, 0.717) is 12.1 Å². The van der Waals surface area contributed by atoms with Crippen LogP contribution in [0.2, 0.25) is 0 Å². The first-order chi connectivity index (χ1) is 13.3. The number of likely N-dealkylation sites (N-methyl/N-ethyl adjacent to an activating group) is 1. The highest BCUT2D eigenvalue weighted by Crippen LogP contribution is 2.20.